The van der Waals surface area contributed by atoms with E-state index >= 15 is 0 Å². The number of unbranched alkanes of at least 4 members (excludes halogenated alkanes) is 3. The molecule has 1 rings (SSSR count). The van der Waals surface area contributed by atoms with Crippen molar-refractivity contribution in [1.29, 1.82) is 0 Å². The lowest BCUT2D eigenvalue weighted by molar-refractivity contribution is 0.0600. The van der Waals surface area contributed by atoms with E-state index in [2.05, 4.69) is 9.47 Å². The van der Waals surface area contributed by atoms with Crippen LogP contribution in [0.4, 0.5) is 0 Å². The second-order valence-electron chi connectivity index (χ2n) is 4.28. The lowest BCUT2D eigenvalue weighted by atomic mass is 10.0. The topological polar surface area (TPSA) is 52.6 Å². The second kappa shape index (κ2) is 9.14. The SMILES string of the molecule is COC(=O)c1ccc(CCCCCCO[C]=O)cc1. The maximum atomic E-state index is 11.2. The molecule has 4 nitrogen and oxygen atoms in total. The van der Waals surface area contributed by atoms with Crippen LogP contribution in [-0.4, -0.2) is 26.2 Å². The number of methoxy groups -OCH3 is 1. The summed E-state index contributed by atoms with van der Waals surface area (Å²) in [4.78, 5) is 21.0. The molecule has 0 aromatic heterocycles. The Labute approximate surface area is 113 Å². The van der Waals surface area contributed by atoms with Crippen LogP contribution >= 0.6 is 0 Å². The van der Waals surface area contributed by atoms with Gasteiger partial charge in [-0.2, -0.15) is 0 Å². The summed E-state index contributed by atoms with van der Waals surface area (Å²) in [5, 5.41) is 0. The van der Waals surface area contributed by atoms with Crippen molar-refractivity contribution >= 4 is 12.4 Å². The highest BCUT2D eigenvalue weighted by Gasteiger charge is 2.03. The summed E-state index contributed by atoms with van der Waals surface area (Å²) >= 11 is 0. The molecule has 0 heterocycles. The number of carbonyl (C=O) groups is 1. The van der Waals surface area contributed by atoms with Crippen LogP contribution < -0.4 is 0 Å². The summed E-state index contributed by atoms with van der Waals surface area (Å²) in [6.45, 7) is 1.87. The van der Waals surface area contributed by atoms with Crippen molar-refractivity contribution in [2.75, 3.05) is 13.7 Å². The molecule has 1 aromatic carbocycles. The van der Waals surface area contributed by atoms with Crippen molar-refractivity contribution in [3.05, 3.63) is 35.4 Å². The highest BCUT2D eigenvalue weighted by atomic mass is 16.5. The van der Waals surface area contributed by atoms with Gasteiger partial charge >= 0.3 is 12.4 Å². The molecule has 0 saturated carbocycles. The number of hydrogen-bond donors (Lipinski definition) is 0. The molecular weight excluding hydrogens is 244 g/mol. The smallest absolute Gasteiger partial charge is 0.417 e. The molecule has 0 aliphatic carbocycles. The second-order valence-corrected chi connectivity index (χ2v) is 4.28. The van der Waals surface area contributed by atoms with Gasteiger partial charge in [-0.1, -0.05) is 25.0 Å². The van der Waals surface area contributed by atoms with Crippen molar-refractivity contribution in [1.82, 2.24) is 0 Å². The fourth-order valence-corrected chi connectivity index (χ4v) is 1.82. The van der Waals surface area contributed by atoms with Crippen LogP contribution in [0.3, 0.4) is 0 Å². The van der Waals surface area contributed by atoms with E-state index in [1.807, 2.05) is 12.1 Å². The molecular formula is C15H19O4. The number of benzene rings is 1. The molecule has 0 fully saturated rings. The minimum Gasteiger partial charge on any atom is -0.465 e. The normalized spacial score (nSPS) is 9.95. The number of rotatable bonds is 9. The Kier molecular flexibility index (Phi) is 7.32. The molecule has 1 aromatic rings. The van der Waals surface area contributed by atoms with Crippen LogP contribution in [0.5, 0.6) is 0 Å². The monoisotopic (exact) mass is 263 g/mol. The molecule has 1 radical (unpaired) electrons. The average molecular weight is 263 g/mol. The van der Waals surface area contributed by atoms with Gasteiger partial charge in [0.25, 0.3) is 0 Å². The van der Waals surface area contributed by atoms with E-state index in [1.54, 1.807) is 12.1 Å². The van der Waals surface area contributed by atoms with Crippen molar-refractivity contribution in [3.63, 3.8) is 0 Å². The Balaban J connectivity index is 2.19. The number of carbonyl (C=O) groups excluding carboxylic acids is 2. The predicted octanol–water partition coefficient (Wildman–Crippen LogP) is 2.66. The van der Waals surface area contributed by atoms with E-state index in [0.717, 1.165) is 32.1 Å². The highest BCUT2D eigenvalue weighted by Crippen LogP contribution is 2.10. The third-order valence-corrected chi connectivity index (χ3v) is 2.90. The standard InChI is InChI=1S/C15H19O4/c1-18-15(17)14-9-7-13(8-10-14)6-4-2-3-5-11-19-12-16/h7-10H,2-6,11H2,1H3. The number of esters is 1. The van der Waals surface area contributed by atoms with Crippen LogP contribution in [0.1, 0.15) is 41.6 Å². The van der Waals surface area contributed by atoms with Gasteiger partial charge in [-0.3, -0.25) is 0 Å². The molecule has 0 atom stereocenters. The van der Waals surface area contributed by atoms with E-state index < -0.39 is 0 Å². The molecule has 0 unspecified atom stereocenters. The van der Waals surface area contributed by atoms with E-state index in [9.17, 15) is 9.59 Å². The first-order chi connectivity index (χ1) is 9.27. The Bertz CT molecular complexity index is 384. The first-order valence-corrected chi connectivity index (χ1v) is 6.44. The summed E-state index contributed by atoms with van der Waals surface area (Å²) in [5.41, 5.74) is 1.79. The zero-order valence-electron chi connectivity index (χ0n) is 11.2. The van der Waals surface area contributed by atoms with Crippen LogP contribution in [0, 0.1) is 0 Å². The van der Waals surface area contributed by atoms with E-state index in [-0.39, 0.29) is 5.97 Å². The maximum Gasteiger partial charge on any atom is 0.417 e. The first kappa shape index (κ1) is 15.2. The van der Waals surface area contributed by atoms with Crippen LogP contribution in [-0.2, 0) is 20.7 Å². The Hall–Kier alpha value is -1.84. The molecule has 19 heavy (non-hydrogen) atoms. The van der Waals surface area contributed by atoms with Gasteiger partial charge in [-0.15, -0.1) is 0 Å². The van der Waals surface area contributed by atoms with Crippen LogP contribution in [0.15, 0.2) is 24.3 Å². The molecule has 0 aliphatic heterocycles. The fourth-order valence-electron chi connectivity index (χ4n) is 1.82. The van der Waals surface area contributed by atoms with Gasteiger partial charge in [0, 0.05) is 0 Å². The number of hydrogen-bond acceptors (Lipinski definition) is 4. The zero-order chi connectivity index (χ0) is 13.9. The molecule has 103 valence electrons. The van der Waals surface area contributed by atoms with Crippen molar-refractivity contribution < 1.29 is 19.1 Å². The van der Waals surface area contributed by atoms with Gasteiger partial charge in [-0.05, 0) is 37.0 Å². The summed E-state index contributed by atoms with van der Waals surface area (Å²) < 4.78 is 9.14. The Morgan fingerprint density at radius 3 is 2.42 bits per heavy atom. The number of ether oxygens (including phenoxy) is 2. The maximum absolute atomic E-state index is 11.2. The average Bonchev–Trinajstić information content (AvgIpc) is 2.46. The zero-order valence-corrected chi connectivity index (χ0v) is 11.2. The Morgan fingerprint density at radius 2 is 1.79 bits per heavy atom. The van der Waals surface area contributed by atoms with Gasteiger partial charge in [0.2, 0.25) is 0 Å². The Morgan fingerprint density at radius 1 is 1.11 bits per heavy atom. The summed E-state index contributed by atoms with van der Waals surface area (Å²) in [6.07, 6.45) is 5.10. The van der Waals surface area contributed by atoms with E-state index in [0.29, 0.717) is 12.2 Å². The van der Waals surface area contributed by atoms with Crippen molar-refractivity contribution in [2.24, 2.45) is 0 Å². The molecule has 0 bridgehead atoms. The molecule has 0 saturated heterocycles. The third-order valence-electron chi connectivity index (χ3n) is 2.90. The number of aryl methyl sites for hydroxylation is 1. The van der Waals surface area contributed by atoms with Crippen LogP contribution in [0.2, 0.25) is 0 Å². The predicted molar refractivity (Wildman–Crippen MR) is 71.6 cm³/mol. The first-order valence-electron chi connectivity index (χ1n) is 6.44. The van der Waals surface area contributed by atoms with Gasteiger partial charge in [0.05, 0.1) is 19.3 Å². The molecule has 4 heteroatoms. The molecule has 0 spiro atoms. The summed E-state index contributed by atoms with van der Waals surface area (Å²) in [5.74, 6) is -0.307. The van der Waals surface area contributed by atoms with Gasteiger partial charge < -0.3 is 9.47 Å². The highest BCUT2D eigenvalue weighted by molar-refractivity contribution is 5.89. The van der Waals surface area contributed by atoms with Crippen LogP contribution in [0.25, 0.3) is 0 Å². The lowest BCUT2D eigenvalue weighted by Gasteiger charge is -2.03. The minimum absolute atomic E-state index is 0.307. The largest absolute Gasteiger partial charge is 0.465 e. The van der Waals surface area contributed by atoms with Gasteiger partial charge in [0.1, 0.15) is 0 Å². The third kappa shape index (κ3) is 6.04. The summed E-state index contributed by atoms with van der Waals surface area (Å²) in [7, 11) is 1.38. The van der Waals surface area contributed by atoms with Gasteiger partial charge in [0.15, 0.2) is 0 Å². The lowest BCUT2D eigenvalue weighted by Crippen LogP contribution is -2.00. The van der Waals surface area contributed by atoms with Crippen molar-refractivity contribution in [2.45, 2.75) is 32.1 Å². The van der Waals surface area contributed by atoms with Crippen molar-refractivity contribution in [3.8, 4) is 0 Å². The fraction of sp³-hybridized carbons (Fsp3) is 0.467. The summed E-state index contributed by atoms with van der Waals surface area (Å²) in [6, 6.07) is 7.48. The quantitative estimate of drug-likeness (QED) is 0.507. The van der Waals surface area contributed by atoms with Gasteiger partial charge in [-0.25, -0.2) is 9.59 Å². The van der Waals surface area contributed by atoms with E-state index in [1.165, 1.54) is 19.1 Å². The molecule has 0 N–H and O–H groups in total. The van der Waals surface area contributed by atoms with E-state index in [4.69, 9.17) is 0 Å². The minimum atomic E-state index is -0.307. The molecule has 0 aliphatic rings. The molecule has 0 amide bonds.